The SMILES string of the molecule is CCOc1cc(C)c(C2=C(c3ccc(OC4CCN(CCCF)C4)cc3)c3ccc(N)cc3SCC2)cc1F. The third-order valence-electron chi connectivity index (χ3n) is 7.37. The zero-order valence-corrected chi connectivity index (χ0v) is 23.5. The van der Waals surface area contributed by atoms with Gasteiger partial charge in [0.1, 0.15) is 11.9 Å². The molecule has 2 heterocycles. The van der Waals surface area contributed by atoms with Gasteiger partial charge in [-0.1, -0.05) is 18.2 Å². The first kappa shape index (κ1) is 27.5. The highest BCUT2D eigenvalue weighted by Crippen LogP contribution is 2.45. The molecule has 1 fully saturated rings. The number of hydrogen-bond donors (Lipinski definition) is 1. The van der Waals surface area contributed by atoms with Crippen LogP contribution in [0.1, 0.15) is 48.4 Å². The second kappa shape index (κ2) is 12.4. The molecule has 0 radical (unpaired) electrons. The maximum atomic E-state index is 15.1. The number of nitrogen functional groups attached to an aromatic ring is 1. The molecule has 2 N–H and O–H groups in total. The summed E-state index contributed by atoms with van der Waals surface area (Å²) in [4.78, 5) is 3.39. The van der Waals surface area contributed by atoms with E-state index in [-0.39, 0.29) is 24.3 Å². The molecule has 7 heteroatoms. The number of likely N-dealkylation sites (tertiary alicyclic amines) is 1. The summed E-state index contributed by atoms with van der Waals surface area (Å²) in [6, 6.07) is 17.7. The Morgan fingerprint density at radius 3 is 2.67 bits per heavy atom. The van der Waals surface area contributed by atoms with Crippen molar-refractivity contribution in [2.45, 2.75) is 44.1 Å². The van der Waals surface area contributed by atoms with Gasteiger partial charge in [0.05, 0.1) is 13.3 Å². The highest BCUT2D eigenvalue weighted by atomic mass is 32.2. The van der Waals surface area contributed by atoms with Crippen molar-refractivity contribution in [2.75, 3.05) is 44.4 Å². The van der Waals surface area contributed by atoms with Gasteiger partial charge >= 0.3 is 0 Å². The molecule has 0 bridgehead atoms. The minimum Gasteiger partial charge on any atom is -0.491 e. The lowest BCUT2D eigenvalue weighted by Crippen LogP contribution is -2.26. The number of alkyl halides is 1. The van der Waals surface area contributed by atoms with Gasteiger partial charge in [-0.3, -0.25) is 9.29 Å². The predicted octanol–water partition coefficient (Wildman–Crippen LogP) is 7.38. The molecule has 39 heavy (non-hydrogen) atoms. The molecule has 0 saturated carbocycles. The fraction of sp³-hybridized carbons (Fsp3) is 0.375. The van der Waals surface area contributed by atoms with Crippen LogP contribution in [0, 0.1) is 12.7 Å². The van der Waals surface area contributed by atoms with Gasteiger partial charge in [-0.25, -0.2) is 4.39 Å². The zero-order chi connectivity index (χ0) is 27.4. The van der Waals surface area contributed by atoms with Crippen molar-refractivity contribution in [3.05, 3.63) is 82.7 Å². The van der Waals surface area contributed by atoms with Crippen LogP contribution >= 0.6 is 11.8 Å². The number of allylic oxidation sites excluding steroid dienone is 1. The predicted molar refractivity (Wildman–Crippen MR) is 157 cm³/mol. The lowest BCUT2D eigenvalue weighted by atomic mass is 9.86. The van der Waals surface area contributed by atoms with E-state index >= 15 is 4.39 Å². The highest BCUT2D eigenvalue weighted by molar-refractivity contribution is 7.99. The number of fused-ring (bicyclic) bond motifs is 1. The Labute approximate surface area is 234 Å². The molecule has 206 valence electrons. The van der Waals surface area contributed by atoms with Crippen LogP contribution in [0.3, 0.4) is 0 Å². The van der Waals surface area contributed by atoms with Crippen molar-refractivity contribution in [2.24, 2.45) is 0 Å². The Hall–Kier alpha value is -3.03. The first-order chi connectivity index (χ1) is 19.0. The molecule has 0 aliphatic carbocycles. The molecule has 1 saturated heterocycles. The number of ether oxygens (including phenoxy) is 2. The van der Waals surface area contributed by atoms with Crippen LogP contribution in [0.4, 0.5) is 14.5 Å². The molecule has 3 aromatic rings. The number of thioether (sulfide) groups is 1. The van der Waals surface area contributed by atoms with Gasteiger partial charge in [-0.2, -0.15) is 0 Å². The Balaban J connectivity index is 1.51. The normalized spacial score (nSPS) is 17.7. The Bertz CT molecular complexity index is 1340. The van der Waals surface area contributed by atoms with Crippen LogP contribution in [0.5, 0.6) is 11.5 Å². The molecule has 3 aromatic carbocycles. The van der Waals surface area contributed by atoms with Crippen LogP contribution in [-0.2, 0) is 0 Å². The average molecular weight is 551 g/mol. The van der Waals surface area contributed by atoms with Crippen molar-refractivity contribution in [1.82, 2.24) is 4.90 Å². The van der Waals surface area contributed by atoms with Gasteiger partial charge in [0.25, 0.3) is 0 Å². The number of halogens is 2. The fourth-order valence-corrected chi connectivity index (χ4v) is 6.60. The molecule has 2 aliphatic heterocycles. The summed E-state index contributed by atoms with van der Waals surface area (Å²) in [6.07, 6.45) is 2.41. The minimum absolute atomic E-state index is 0.109. The molecular formula is C32H36F2N2O2S. The summed E-state index contributed by atoms with van der Waals surface area (Å²) in [7, 11) is 0. The van der Waals surface area contributed by atoms with E-state index in [2.05, 4.69) is 23.1 Å². The maximum absolute atomic E-state index is 15.1. The van der Waals surface area contributed by atoms with Crippen molar-refractivity contribution in [3.8, 4) is 11.5 Å². The first-order valence-electron chi connectivity index (χ1n) is 13.7. The standard InChI is InChI=1S/C32H36F2N2O2S/c1-3-37-30-17-21(2)28(19-29(30)34)26-12-16-39-31-18-23(35)7-10-27(31)32(26)22-5-8-24(9-6-22)38-25-11-15-36(20-25)14-4-13-33/h5-10,17-19,25H,3-4,11-16,20,35H2,1-2H3. The number of hydrogen-bond acceptors (Lipinski definition) is 5. The van der Waals surface area contributed by atoms with E-state index in [0.717, 1.165) is 88.0 Å². The van der Waals surface area contributed by atoms with Gasteiger partial charge in [-0.15, -0.1) is 11.8 Å². The number of aryl methyl sites for hydroxylation is 1. The summed E-state index contributed by atoms with van der Waals surface area (Å²) in [5.74, 6) is 1.63. The Morgan fingerprint density at radius 2 is 1.90 bits per heavy atom. The molecule has 4 nitrogen and oxygen atoms in total. The molecule has 1 unspecified atom stereocenters. The van der Waals surface area contributed by atoms with Gasteiger partial charge in [0.2, 0.25) is 0 Å². The quantitative estimate of drug-likeness (QED) is 0.282. The maximum Gasteiger partial charge on any atom is 0.165 e. The van der Waals surface area contributed by atoms with Crippen LogP contribution in [0.25, 0.3) is 11.1 Å². The fourth-order valence-electron chi connectivity index (χ4n) is 5.53. The zero-order valence-electron chi connectivity index (χ0n) is 22.6. The van der Waals surface area contributed by atoms with Gasteiger partial charge in [0, 0.05) is 36.0 Å². The van der Waals surface area contributed by atoms with Gasteiger partial charge < -0.3 is 15.2 Å². The number of benzene rings is 3. The number of nitrogens with two attached hydrogens (primary N) is 1. The van der Waals surface area contributed by atoms with E-state index in [1.54, 1.807) is 23.9 Å². The van der Waals surface area contributed by atoms with E-state index in [1.165, 1.54) is 0 Å². The minimum atomic E-state index is -0.348. The van der Waals surface area contributed by atoms with Gasteiger partial charge in [-0.05, 0) is 103 Å². The Morgan fingerprint density at radius 1 is 1.08 bits per heavy atom. The number of nitrogens with zero attached hydrogens (tertiary/aromatic N) is 1. The number of rotatable bonds is 9. The second-order valence-corrected chi connectivity index (χ2v) is 11.3. The topological polar surface area (TPSA) is 47.7 Å². The third-order valence-corrected chi connectivity index (χ3v) is 8.43. The van der Waals surface area contributed by atoms with Crippen LogP contribution < -0.4 is 15.2 Å². The second-order valence-electron chi connectivity index (χ2n) is 10.1. The van der Waals surface area contributed by atoms with Crippen LogP contribution in [0.2, 0.25) is 0 Å². The van der Waals surface area contributed by atoms with E-state index in [4.69, 9.17) is 15.2 Å². The molecule has 0 amide bonds. The lowest BCUT2D eigenvalue weighted by molar-refractivity contribution is 0.198. The lowest BCUT2D eigenvalue weighted by Gasteiger charge is -2.20. The largest absolute Gasteiger partial charge is 0.491 e. The average Bonchev–Trinajstić information content (AvgIpc) is 3.29. The molecule has 1 atom stereocenters. The highest BCUT2D eigenvalue weighted by Gasteiger charge is 2.25. The summed E-state index contributed by atoms with van der Waals surface area (Å²) < 4.78 is 39.4. The summed E-state index contributed by atoms with van der Waals surface area (Å²) in [5.41, 5.74) is 13.1. The summed E-state index contributed by atoms with van der Waals surface area (Å²) in [6.45, 7) is 6.55. The smallest absolute Gasteiger partial charge is 0.165 e. The molecule has 5 rings (SSSR count). The van der Waals surface area contributed by atoms with E-state index in [1.807, 2.05) is 38.1 Å². The van der Waals surface area contributed by atoms with E-state index in [9.17, 15) is 4.39 Å². The van der Waals surface area contributed by atoms with Gasteiger partial charge in [0.15, 0.2) is 11.6 Å². The first-order valence-corrected chi connectivity index (χ1v) is 14.7. The molecular weight excluding hydrogens is 514 g/mol. The van der Waals surface area contributed by atoms with Crippen molar-refractivity contribution < 1.29 is 18.3 Å². The van der Waals surface area contributed by atoms with Crippen molar-refractivity contribution in [1.29, 1.82) is 0 Å². The number of anilines is 1. The molecule has 2 aliphatic rings. The molecule has 0 aromatic heterocycles. The van der Waals surface area contributed by atoms with Crippen molar-refractivity contribution in [3.63, 3.8) is 0 Å². The van der Waals surface area contributed by atoms with Crippen molar-refractivity contribution >= 4 is 28.6 Å². The van der Waals surface area contributed by atoms with Crippen LogP contribution in [0.15, 0.2) is 59.5 Å². The van der Waals surface area contributed by atoms with E-state index in [0.29, 0.717) is 13.0 Å². The monoisotopic (exact) mass is 550 g/mol. The Kier molecular flexibility index (Phi) is 8.78. The van der Waals surface area contributed by atoms with E-state index < -0.39 is 0 Å². The third kappa shape index (κ3) is 6.25. The summed E-state index contributed by atoms with van der Waals surface area (Å²) in [5, 5.41) is 0. The molecule has 0 spiro atoms. The van der Waals surface area contributed by atoms with Crippen LogP contribution in [-0.4, -0.2) is 49.7 Å². The summed E-state index contributed by atoms with van der Waals surface area (Å²) >= 11 is 1.78.